The Kier molecular flexibility index (Phi) is 4.73. The molecule has 0 aromatic heterocycles. The van der Waals surface area contributed by atoms with Crippen LogP contribution in [0.25, 0.3) is 5.57 Å². The Balaban J connectivity index is 1.78. The molecule has 8 nitrogen and oxygen atoms in total. The van der Waals surface area contributed by atoms with Gasteiger partial charge in [0, 0.05) is 60.0 Å². The van der Waals surface area contributed by atoms with E-state index < -0.39 is 105 Å². The van der Waals surface area contributed by atoms with E-state index in [1.54, 1.807) is 13.1 Å². The van der Waals surface area contributed by atoms with Crippen LogP contribution in [0.2, 0.25) is 13.1 Å². The lowest BCUT2D eigenvalue weighted by molar-refractivity contribution is -0.582. The molecule has 6 rings (SSSR count). The molecule has 0 saturated carbocycles. The van der Waals surface area contributed by atoms with Crippen molar-refractivity contribution in [1.29, 1.82) is 10.5 Å². The minimum absolute atomic E-state index is 0.0983. The van der Waals surface area contributed by atoms with Gasteiger partial charge in [-0.25, -0.2) is 17.7 Å². The second kappa shape index (κ2) is 11.1. The molecule has 2 aromatic rings. The van der Waals surface area contributed by atoms with Gasteiger partial charge in [-0.3, -0.25) is 0 Å². The third-order valence-corrected chi connectivity index (χ3v) is 11.4. The first-order chi connectivity index (χ1) is 26.0. The third-order valence-electron chi connectivity index (χ3n) is 7.91. The van der Waals surface area contributed by atoms with Gasteiger partial charge in [0.1, 0.15) is 51.3 Å². The molecule has 2 aromatic carbocycles. The largest absolute Gasteiger partial charge is 0.545 e. The zero-order valence-electron chi connectivity index (χ0n) is 35.7. The molecule has 3 heterocycles. The minimum Gasteiger partial charge on any atom is -0.545 e. The summed E-state index contributed by atoms with van der Waals surface area (Å²) in [4.78, 5) is 13.2. The number of carboxylic acid groups (broad SMARTS) is 1. The van der Waals surface area contributed by atoms with Crippen LogP contribution in [0.15, 0.2) is 47.2 Å². The van der Waals surface area contributed by atoms with Crippen LogP contribution in [0.4, 0.5) is 18.9 Å². The average Bonchev–Trinajstić information content (AvgIpc) is 3.11. The Hall–Kier alpha value is -4.49. The summed E-state index contributed by atoms with van der Waals surface area (Å²) in [5, 5.41) is 32.9. The van der Waals surface area contributed by atoms with E-state index in [-0.39, 0.29) is 32.9 Å². The van der Waals surface area contributed by atoms with E-state index >= 15 is 13.2 Å². The first-order valence-corrected chi connectivity index (χ1v) is 16.2. The highest BCUT2D eigenvalue weighted by Crippen LogP contribution is 2.46. The summed E-state index contributed by atoms with van der Waals surface area (Å²) in [5.41, 5.74) is -9.22. The van der Waals surface area contributed by atoms with Gasteiger partial charge in [0.25, 0.3) is 5.60 Å². The Morgan fingerprint density at radius 2 is 1.84 bits per heavy atom. The van der Waals surface area contributed by atoms with Gasteiger partial charge in [-0.05, 0) is 51.7 Å². The molecule has 0 bridgehead atoms. The fourth-order valence-corrected chi connectivity index (χ4v) is 8.74. The Morgan fingerprint density at radius 1 is 1.13 bits per heavy atom. The summed E-state index contributed by atoms with van der Waals surface area (Å²) >= 11 is 0. The van der Waals surface area contributed by atoms with E-state index in [2.05, 4.69) is 0 Å². The van der Waals surface area contributed by atoms with Gasteiger partial charge in [-0.15, -0.1) is 0 Å². The van der Waals surface area contributed by atoms with Crippen LogP contribution >= 0.6 is 0 Å². The number of carbonyl (C=O) groups excluding carboxylic acids is 1. The number of fused-ring (bicyclic) bond motifs is 2. The number of nitrogens with zero attached hydrogens (tertiary/aromatic N) is 4. The van der Waals surface area contributed by atoms with Crippen LogP contribution < -0.4 is 15.2 Å². The fraction of sp³-hybridized carbons (Fsp3) is 0.333. The van der Waals surface area contributed by atoms with Crippen LogP contribution in [-0.4, -0.2) is 64.2 Å². The topological polar surface area (TPSA) is 112 Å². The molecule has 2 fully saturated rings. The highest BCUT2D eigenvalue weighted by Gasteiger charge is 2.47. The number of aromatic carboxylic acids is 1. The van der Waals surface area contributed by atoms with E-state index in [4.69, 9.17) is 25.9 Å². The highest BCUT2D eigenvalue weighted by atomic mass is 28.3. The Morgan fingerprint density at radius 3 is 2.49 bits per heavy atom. The SMILES string of the molecule is [2H]C1([2H])N(c2ccc3c(c2)[Si](C)(C)C2=CC(=[N+]4C([2H])([2H])C([2H])([2H])C4([2H])[2H])C=CC2=C3c2c(F)c(C(C#N)(C#N)OCOC)c(F)c(F)c2C(=O)[O-])C([2H])([2H])C1([2H])[2H]. The normalized spacial score (nSPS) is 29.0. The van der Waals surface area contributed by atoms with Gasteiger partial charge in [0.2, 0.25) is 0 Å². The van der Waals surface area contributed by atoms with Crippen molar-refractivity contribution in [2.24, 2.45) is 0 Å². The lowest BCUT2D eigenvalue weighted by atomic mass is 9.83. The molecule has 0 N–H and O–H groups in total. The van der Waals surface area contributed by atoms with Crippen molar-refractivity contribution in [1.82, 2.24) is 0 Å². The van der Waals surface area contributed by atoms with Crippen LogP contribution in [0.3, 0.4) is 0 Å². The van der Waals surface area contributed by atoms with Gasteiger partial charge in [-0.2, -0.15) is 10.5 Å². The zero-order chi connectivity index (χ0) is 43.0. The first kappa shape index (κ1) is 19.1. The summed E-state index contributed by atoms with van der Waals surface area (Å²) in [5.74, 6) is -8.99. The number of carboxylic acids is 1. The Bertz CT molecular complexity index is 2370. The number of hydrogen-bond donors (Lipinski definition) is 0. The minimum atomic E-state index is -3.51. The average molecular weight is 643 g/mol. The number of carbonyl (C=O) groups is 1. The van der Waals surface area contributed by atoms with Gasteiger partial charge in [-0.1, -0.05) is 19.2 Å². The maximum atomic E-state index is 17.3. The molecule has 45 heavy (non-hydrogen) atoms. The smallest absolute Gasteiger partial charge is 0.275 e. The molecule has 12 heteroatoms. The van der Waals surface area contributed by atoms with Crippen molar-refractivity contribution in [3.05, 3.63) is 86.9 Å². The number of benzene rings is 2. The molecular weight excluding hydrogens is 601 g/mol. The van der Waals surface area contributed by atoms with Crippen molar-refractivity contribution >= 4 is 36.2 Å². The second-order valence-electron chi connectivity index (χ2n) is 10.6. The maximum absolute atomic E-state index is 17.3. The van der Waals surface area contributed by atoms with Crippen molar-refractivity contribution < 1.29 is 53.6 Å². The Labute approximate surface area is 276 Å². The summed E-state index contributed by atoms with van der Waals surface area (Å²) in [6.45, 7) is -9.42. The number of nitriles is 2. The summed E-state index contributed by atoms with van der Waals surface area (Å²) < 4.78 is 159. The van der Waals surface area contributed by atoms with Gasteiger partial charge >= 0.3 is 0 Å². The summed E-state index contributed by atoms with van der Waals surface area (Å²) in [7, 11) is -2.48. The van der Waals surface area contributed by atoms with Crippen molar-refractivity contribution in [3.8, 4) is 12.1 Å². The van der Waals surface area contributed by atoms with E-state index in [0.29, 0.717) is 9.48 Å². The number of ether oxygens (including phenoxy) is 2. The molecule has 4 aliphatic rings. The van der Waals surface area contributed by atoms with E-state index in [9.17, 15) is 20.4 Å². The molecule has 0 atom stereocenters. The van der Waals surface area contributed by atoms with Gasteiger partial charge < -0.3 is 24.3 Å². The highest BCUT2D eigenvalue weighted by molar-refractivity contribution is 6.98. The number of methoxy groups -OCH3 is 1. The quantitative estimate of drug-likeness (QED) is 0.197. The predicted molar refractivity (Wildman–Crippen MR) is 160 cm³/mol. The third kappa shape index (κ3) is 4.55. The van der Waals surface area contributed by atoms with Crippen molar-refractivity contribution in [2.45, 2.75) is 31.4 Å². The van der Waals surface area contributed by atoms with Crippen LogP contribution in [-0.2, 0) is 15.1 Å². The molecule has 230 valence electrons. The number of anilines is 1. The molecule has 0 radical (unpaired) electrons. The molecule has 1 aliphatic carbocycles. The lowest BCUT2D eigenvalue weighted by Crippen LogP contribution is -2.50. The number of rotatable bonds is 7. The van der Waals surface area contributed by atoms with Crippen LogP contribution in [0, 0.1) is 40.1 Å². The predicted octanol–water partition coefficient (Wildman–Crippen LogP) is 3.16. The van der Waals surface area contributed by atoms with Gasteiger partial charge in [0.15, 0.2) is 17.3 Å². The molecule has 2 saturated heterocycles. The zero-order valence-corrected chi connectivity index (χ0v) is 24.7. The van der Waals surface area contributed by atoms with E-state index in [0.717, 1.165) is 31.4 Å². The maximum Gasteiger partial charge on any atom is 0.275 e. The van der Waals surface area contributed by atoms with Crippen LogP contribution in [0.5, 0.6) is 0 Å². The molecule has 3 aliphatic heterocycles. The van der Waals surface area contributed by atoms with Crippen molar-refractivity contribution in [3.63, 3.8) is 0 Å². The lowest BCUT2D eigenvalue weighted by Gasteiger charge is -2.40. The number of hydrogen-bond acceptors (Lipinski definition) is 7. The van der Waals surface area contributed by atoms with Gasteiger partial charge in [0.05, 0.1) is 17.9 Å². The van der Waals surface area contributed by atoms with E-state index in [1.807, 2.05) is 0 Å². The number of halogens is 3. The molecular formula is C33H29F3N4O4Si. The monoisotopic (exact) mass is 642 g/mol. The summed E-state index contributed by atoms with van der Waals surface area (Å²) in [6, 6.07) is 6.04. The summed E-state index contributed by atoms with van der Waals surface area (Å²) in [6.07, 6.45) is -2.58. The van der Waals surface area contributed by atoms with Crippen molar-refractivity contribution in [2.75, 3.05) is 44.8 Å². The molecule has 0 amide bonds. The number of allylic oxidation sites excluding steroid dienone is 5. The van der Waals surface area contributed by atoms with Crippen LogP contribution in [0.1, 0.15) is 56.2 Å². The molecule has 0 spiro atoms. The standard InChI is InChI=1S/C33H29F3N4O4Si/c1-43-18-44-33(16-37,17-38)28-29(34)26(27(32(41)42)30(35)31(28)36)25-21-8-6-19(39-10-4-11-39)14-23(21)45(2,3)24-15-20(7-9-22(24)25)40-12-5-13-40/h6-9,14-15H,4-5,10-13,18H2,1-3H3/i4D2,5D2,10D2,11D2,12D2,13D2. The first-order valence-electron chi connectivity index (χ1n) is 19.2. The molecule has 0 unspecified atom stereocenters. The van der Waals surface area contributed by atoms with E-state index in [1.165, 1.54) is 24.3 Å². The second-order valence-corrected chi connectivity index (χ2v) is 15.0. The fourth-order valence-electron chi connectivity index (χ4n) is 5.67.